The van der Waals surface area contributed by atoms with Crippen LogP contribution in [0.1, 0.15) is 15.9 Å². The predicted octanol–water partition coefficient (Wildman–Crippen LogP) is 0.901. The van der Waals surface area contributed by atoms with E-state index in [1.807, 2.05) is 35.2 Å². The molecule has 2 heterocycles. The van der Waals surface area contributed by atoms with Gasteiger partial charge in [-0.25, -0.2) is 0 Å². The molecule has 1 amide bonds. The minimum Gasteiger partial charge on any atom is -0.382 e. The summed E-state index contributed by atoms with van der Waals surface area (Å²) in [4.78, 5) is 16.6. The van der Waals surface area contributed by atoms with Crippen LogP contribution in [0.15, 0.2) is 36.5 Å². The fourth-order valence-corrected chi connectivity index (χ4v) is 2.63. The highest BCUT2D eigenvalue weighted by molar-refractivity contribution is 5.98. The zero-order valence-electron chi connectivity index (χ0n) is 12.8. The SMILES string of the molecule is CN1CCN(C(=O)c2cn(Cc3ccccc3)nc2N)CC1. The van der Waals surface area contributed by atoms with Gasteiger partial charge < -0.3 is 15.5 Å². The number of carbonyl (C=O) groups is 1. The van der Waals surface area contributed by atoms with Crippen molar-refractivity contribution < 1.29 is 4.79 Å². The molecule has 1 aromatic carbocycles. The molecule has 0 aliphatic carbocycles. The minimum atomic E-state index is -0.0232. The Bertz CT molecular complexity index is 644. The van der Waals surface area contributed by atoms with Gasteiger partial charge in [-0.2, -0.15) is 5.10 Å². The molecule has 0 saturated carbocycles. The number of hydrogen-bond acceptors (Lipinski definition) is 4. The average molecular weight is 299 g/mol. The van der Waals surface area contributed by atoms with Crippen LogP contribution in [-0.4, -0.2) is 58.7 Å². The summed E-state index contributed by atoms with van der Waals surface area (Å²) in [6.07, 6.45) is 1.75. The molecule has 0 bridgehead atoms. The number of rotatable bonds is 3. The Labute approximate surface area is 130 Å². The molecule has 6 heteroatoms. The number of carbonyl (C=O) groups excluding carboxylic acids is 1. The second kappa shape index (κ2) is 6.19. The van der Waals surface area contributed by atoms with E-state index >= 15 is 0 Å². The van der Waals surface area contributed by atoms with E-state index in [9.17, 15) is 4.79 Å². The number of nitrogen functional groups attached to an aromatic ring is 1. The first-order valence-corrected chi connectivity index (χ1v) is 7.48. The summed E-state index contributed by atoms with van der Waals surface area (Å²) in [6, 6.07) is 10.00. The van der Waals surface area contributed by atoms with Crippen LogP contribution in [0.3, 0.4) is 0 Å². The summed E-state index contributed by atoms with van der Waals surface area (Å²) in [6.45, 7) is 3.87. The Balaban J connectivity index is 1.73. The zero-order valence-corrected chi connectivity index (χ0v) is 12.8. The molecule has 0 unspecified atom stereocenters. The number of benzene rings is 1. The predicted molar refractivity (Wildman–Crippen MR) is 85.6 cm³/mol. The van der Waals surface area contributed by atoms with Gasteiger partial charge >= 0.3 is 0 Å². The van der Waals surface area contributed by atoms with Gasteiger partial charge in [0.2, 0.25) is 0 Å². The number of nitrogens with zero attached hydrogens (tertiary/aromatic N) is 4. The fourth-order valence-electron chi connectivity index (χ4n) is 2.63. The van der Waals surface area contributed by atoms with E-state index in [1.54, 1.807) is 10.9 Å². The smallest absolute Gasteiger partial charge is 0.259 e. The maximum Gasteiger partial charge on any atom is 0.259 e. The highest BCUT2D eigenvalue weighted by Crippen LogP contribution is 2.15. The van der Waals surface area contributed by atoms with Crippen LogP contribution in [0.4, 0.5) is 5.82 Å². The average Bonchev–Trinajstić information content (AvgIpc) is 2.89. The van der Waals surface area contributed by atoms with Crippen molar-refractivity contribution in [1.29, 1.82) is 0 Å². The summed E-state index contributed by atoms with van der Waals surface area (Å²) in [5.41, 5.74) is 7.57. The van der Waals surface area contributed by atoms with Gasteiger partial charge in [-0.1, -0.05) is 30.3 Å². The van der Waals surface area contributed by atoms with Crippen LogP contribution in [0.25, 0.3) is 0 Å². The van der Waals surface area contributed by atoms with Crippen LogP contribution in [0.2, 0.25) is 0 Å². The molecule has 6 nitrogen and oxygen atoms in total. The second-order valence-electron chi connectivity index (χ2n) is 5.71. The van der Waals surface area contributed by atoms with E-state index in [4.69, 9.17) is 5.73 Å². The first kappa shape index (κ1) is 14.6. The number of likely N-dealkylation sites (N-methyl/N-ethyl adjacent to an activating group) is 1. The number of hydrogen-bond donors (Lipinski definition) is 1. The maximum atomic E-state index is 12.6. The first-order chi connectivity index (χ1) is 10.6. The van der Waals surface area contributed by atoms with Gasteiger partial charge in [-0.15, -0.1) is 0 Å². The molecule has 1 saturated heterocycles. The van der Waals surface area contributed by atoms with Crippen LogP contribution in [0.5, 0.6) is 0 Å². The lowest BCUT2D eigenvalue weighted by molar-refractivity contribution is 0.0665. The molecular weight excluding hydrogens is 278 g/mol. The fraction of sp³-hybridized carbons (Fsp3) is 0.375. The Morgan fingerprint density at radius 1 is 1.18 bits per heavy atom. The van der Waals surface area contributed by atoms with Crippen LogP contribution in [0, 0.1) is 0 Å². The van der Waals surface area contributed by atoms with Crippen molar-refractivity contribution in [2.75, 3.05) is 39.0 Å². The van der Waals surface area contributed by atoms with Gasteiger partial charge in [0, 0.05) is 32.4 Å². The molecule has 22 heavy (non-hydrogen) atoms. The lowest BCUT2D eigenvalue weighted by Crippen LogP contribution is -2.47. The molecule has 2 aromatic rings. The molecule has 0 radical (unpaired) electrons. The summed E-state index contributed by atoms with van der Waals surface area (Å²) >= 11 is 0. The Kier molecular flexibility index (Phi) is 4.11. The van der Waals surface area contributed by atoms with Crippen LogP contribution in [-0.2, 0) is 6.54 Å². The van der Waals surface area contributed by atoms with Gasteiger partial charge in [0.05, 0.1) is 6.54 Å². The normalized spacial score (nSPS) is 16.0. The molecule has 1 fully saturated rings. The van der Waals surface area contributed by atoms with E-state index in [2.05, 4.69) is 17.0 Å². The van der Waals surface area contributed by atoms with Crippen molar-refractivity contribution in [2.24, 2.45) is 0 Å². The quantitative estimate of drug-likeness (QED) is 0.914. The van der Waals surface area contributed by atoms with Crippen LogP contribution >= 0.6 is 0 Å². The summed E-state index contributed by atoms with van der Waals surface area (Å²) in [5, 5.41) is 4.27. The lowest BCUT2D eigenvalue weighted by Gasteiger charge is -2.32. The second-order valence-corrected chi connectivity index (χ2v) is 5.71. The van der Waals surface area contributed by atoms with E-state index in [1.165, 1.54) is 0 Å². The minimum absolute atomic E-state index is 0.0232. The zero-order chi connectivity index (χ0) is 15.5. The van der Waals surface area contributed by atoms with Crippen molar-refractivity contribution in [3.8, 4) is 0 Å². The third-order valence-electron chi connectivity index (χ3n) is 4.00. The topological polar surface area (TPSA) is 67.4 Å². The third-order valence-corrected chi connectivity index (χ3v) is 4.00. The molecule has 3 rings (SSSR count). The van der Waals surface area contributed by atoms with Gasteiger partial charge in [0.1, 0.15) is 5.56 Å². The maximum absolute atomic E-state index is 12.6. The monoisotopic (exact) mass is 299 g/mol. The number of nitrogens with two attached hydrogens (primary N) is 1. The van der Waals surface area contributed by atoms with E-state index in [0.29, 0.717) is 17.9 Å². The molecular formula is C16H21N5O. The van der Waals surface area contributed by atoms with Crippen molar-refractivity contribution in [3.63, 3.8) is 0 Å². The number of anilines is 1. The van der Waals surface area contributed by atoms with Crippen molar-refractivity contribution in [2.45, 2.75) is 6.54 Å². The lowest BCUT2D eigenvalue weighted by atomic mass is 10.2. The van der Waals surface area contributed by atoms with E-state index in [0.717, 1.165) is 31.7 Å². The van der Waals surface area contributed by atoms with Gasteiger partial charge in [0.25, 0.3) is 5.91 Å². The molecule has 2 N–H and O–H groups in total. The molecule has 0 atom stereocenters. The van der Waals surface area contributed by atoms with Gasteiger partial charge in [-0.3, -0.25) is 9.48 Å². The van der Waals surface area contributed by atoms with Gasteiger partial charge in [0.15, 0.2) is 5.82 Å². The largest absolute Gasteiger partial charge is 0.382 e. The third kappa shape index (κ3) is 3.12. The van der Waals surface area contributed by atoms with E-state index < -0.39 is 0 Å². The standard InChI is InChI=1S/C16H21N5O/c1-19-7-9-20(10-8-19)16(22)14-12-21(18-15(14)17)11-13-5-3-2-4-6-13/h2-6,12H,7-11H2,1H3,(H2,17,18). The van der Waals surface area contributed by atoms with Crippen molar-refractivity contribution >= 4 is 11.7 Å². The summed E-state index contributed by atoms with van der Waals surface area (Å²) in [5.74, 6) is 0.282. The molecule has 116 valence electrons. The number of piperazine rings is 1. The Morgan fingerprint density at radius 2 is 1.86 bits per heavy atom. The number of amides is 1. The van der Waals surface area contributed by atoms with Crippen LogP contribution < -0.4 is 5.73 Å². The van der Waals surface area contributed by atoms with Crippen molar-refractivity contribution in [3.05, 3.63) is 47.7 Å². The summed E-state index contributed by atoms with van der Waals surface area (Å²) in [7, 11) is 2.06. The molecule has 0 spiro atoms. The molecule has 1 aliphatic rings. The highest BCUT2D eigenvalue weighted by atomic mass is 16.2. The summed E-state index contributed by atoms with van der Waals surface area (Å²) < 4.78 is 1.73. The number of aromatic nitrogens is 2. The Hall–Kier alpha value is -2.34. The molecule has 1 aliphatic heterocycles. The first-order valence-electron chi connectivity index (χ1n) is 7.48. The van der Waals surface area contributed by atoms with Gasteiger partial charge in [-0.05, 0) is 12.6 Å². The van der Waals surface area contributed by atoms with Crippen molar-refractivity contribution in [1.82, 2.24) is 19.6 Å². The Morgan fingerprint density at radius 3 is 2.55 bits per heavy atom. The van der Waals surface area contributed by atoms with E-state index in [-0.39, 0.29) is 5.91 Å². The highest BCUT2D eigenvalue weighted by Gasteiger charge is 2.23. The molecule has 1 aromatic heterocycles.